The molecule has 2 atom stereocenters. The van der Waals surface area contributed by atoms with Crippen LogP contribution >= 0.6 is 0 Å². The molecule has 4 nitrogen and oxygen atoms in total. The van der Waals surface area contributed by atoms with Crippen LogP contribution in [0.1, 0.15) is 11.1 Å². The van der Waals surface area contributed by atoms with E-state index in [1.54, 1.807) is 36.4 Å². The van der Waals surface area contributed by atoms with Gasteiger partial charge in [-0.15, -0.1) is 0 Å². The van der Waals surface area contributed by atoms with Gasteiger partial charge in [0.25, 0.3) is 0 Å². The van der Waals surface area contributed by atoms with Gasteiger partial charge in [0.15, 0.2) is 0 Å². The van der Waals surface area contributed by atoms with Crippen molar-refractivity contribution in [2.24, 2.45) is 11.8 Å². The number of cyclic esters (lactones) is 1. The van der Waals surface area contributed by atoms with Gasteiger partial charge in [0, 0.05) is 5.92 Å². The molecular formula is C18H18O4. The number of hydrogen-bond acceptors (Lipinski definition) is 4. The van der Waals surface area contributed by atoms with E-state index in [4.69, 9.17) is 4.74 Å². The Bertz CT molecular complexity index is 680. The van der Waals surface area contributed by atoms with Gasteiger partial charge in [-0.1, -0.05) is 24.3 Å². The van der Waals surface area contributed by atoms with Crippen molar-refractivity contribution in [3.63, 3.8) is 0 Å². The molecule has 2 aromatic carbocycles. The summed E-state index contributed by atoms with van der Waals surface area (Å²) in [5.41, 5.74) is 1.91. The maximum absolute atomic E-state index is 12.0. The maximum Gasteiger partial charge on any atom is 0.309 e. The van der Waals surface area contributed by atoms with Gasteiger partial charge in [0.05, 0.1) is 12.5 Å². The smallest absolute Gasteiger partial charge is 0.309 e. The largest absolute Gasteiger partial charge is 0.508 e. The first-order chi connectivity index (χ1) is 10.6. The number of carbonyl (C=O) groups excluding carboxylic acids is 1. The van der Waals surface area contributed by atoms with Gasteiger partial charge in [-0.2, -0.15) is 0 Å². The molecule has 0 saturated carbocycles. The standard InChI is InChI=1S/C18H18O4/c19-15-5-1-3-12(8-15)7-14-11-22-18(21)17(14)10-13-4-2-6-16(20)9-13/h1-6,8-9,14,17,19-20H,7,10-11H2/t14-,17+/m1/s1. The minimum absolute atomic E-state index is 0.0802. The zero-order valence-corrected chi connectivity index (χ0v) is 12.1. The summed E-state index contributed by atoms with van der Waals surface area (Å²) in [5, 5.41) is 19.1. The Morgan fingerprint density at radius 2 is 1.55 bits per heavy atom. The van der Waals surface area contributed by atoms with Crippen LogP contribution in [0.15, 0.2) is 48.5 Å². The van der Waals surface area contributed by atoms with Crippen molar-refractivity contribution >= 4 is 5.97 Å². The second-order valence-electron chi connectivity index (χ2n) is 5.74. The van der Waals surface area contributed by atoms with Crippen LogP contribution in [0.5, 0.6) is 11.5 Å². The molecule has 2 aromatic rings. The quantitative estimate of drug-likeness (QED) is 0.852. The summed E-state index contributed by atoms with van der Waals surface area (Å²) in [7, 11) is 0. The van der Waals surface area contributed by atoms with Crippen LogP contribution < -0.4 is 0 Å². The zero-order chi connectivity index (χ0) is 15.5. The number of benzene rings is 2. The molecule has 22 heavy (non-hydrogen) atoms. The number of hydrogen-bond donors (Lipinski definition) is 2. The second kappa shape index (κ2) is 6.10. The van der Waals surface area contributed by atoms with Crippen LogP contribution in [0.4, 0.5) is 0 Å². The Hall–Kier alpha value is -2.49. The van der Waals surface area contributed by atoms with Crippen molar-refractivity contribution < 1.29 is 19.7 Å². The van der Waals surface area contributed by atoms with E-state index < -0.39 is 0 Å². The summed E-state index contributed by atoms with van der Waals surface area (Å²) in [6, 6.07) is 14.0. The van der Waals surface area contributed by atoms with Crippen molar-refractivity contribution in [1.29, 1.82) is 0 Å². The van der Waals surface area contributed by atoms with Crippen LogP contribution in [0.25, 0.3) is 0 Å². The SMILES string of the molecule is O=C1OC[C@@H](Cc2cccc(O)c2)[C@@H]1Cc1cccc(O)c1. The first-order valence-corrected chi connectivity index (χ1v) is 7.34. The number of esters is 1. The molecule has 4 heteroatoms. The predicted octanol–water partition coefficient (Wildman–Crippen LogP) is 2.67. The number of ether oxygens (including phenoxy) is 1. The molecule has 0 aliphatic carbocycles. The molecule has 0 bridgehead atoms. The third-order valence-electron chi connectivity index (χ3n) is 4.09. The first-order valence-electron chi connectivity index (χ1n) is 7.34. The van der Waals surface area contributed by atoms with Gasteiger partial charge in [-0.25, -0.2) is 0 Å². The highest BCUT2D eigenvalue weighted by atomic mass is 16.5. The number of aromatic hydroxyl groups is 2. The number of carbonyl (C=O) groups is 1. The van der Waals surface area contributed by atoms with Gasteiger partial charge in [0.2, 0.25) is 0 Å². The number of phenols is 2. The van der Waals surface area contributed by atoms with Gasteiger partial charge in [-0.05, 0) is 48.2 Å². The Kier molecular flexibility index (Phi) is 4.00. The summed E-state index contributed by atoms with van der Waals surface area (Å²) in [6.07, 6.45) is 1.24. The van der Waals surface area contributed by atoms with E-state index >= 15 is 0 Å². The molecule has 1 aliphatic rings. The normalized spacial score (nSPS) is 20.8. The fourth-order valence-electron chi connectivity index (χ4n) is 2.98. The highest BCUT2D eigenvalue weighted by Gasteiger charge is 2.36. The molecule has 1 heterocycles. The van der Waals surface area contributed by atoms with Gasteiger partial charge in [0.1, 0.15) is 11.5 Å². The van der Waals surface area contributed by atoms with Crippen molar-refractivity contribution in [2.75, 3.05) is 6.61 Å². The van der Waals surface area contributed by atoms with Gasteiger partial charge >= 0.3 is 5.97 Å². The molecular weight excluding hydrogens is 280 g/mol. The molecule has 0 spiro atoms. The molecule has 1 aliphatic heterocycles. The molecule has 1 fully saturated rings. The van der Waals surface area contributed by atoms with Gasteiger partial charge < -0.3 is 14.9 Å². The molecule has 0 radical (unpaired) electrons. The molecule has 1 saturated heterocycles. The molecule has 2 N–H and O–H groups in total. The van der Waals surface area contributed by atoms with Crippen LogP contribution in [-0.2, 0) is 22.4 Å². The minimum atomic E-state index is -0.218. The highest BCUT2D eigenvalue weighted by molar-refractivity contribution is 5.75. The topological polar surface area (TPSA) is 66.8 Å². The third kappa shape index (κ3) is 3.22. The predicted molar refractivity (Wildman–Crippen MR) is 81.6 cm³/mol. The van der Waals surface area contributed by atoms with Crippen LogP contribution in [-0.4, -0.2) is 22.8 Å². The molecule has 114 valence electrons. The van der Waals surface area contributed by atoms with Crippen LogP contribution in [0.3, 0.4) is 0 Å². The fourth-order valence-corrected chi connectivity index (χ4v) is 2.98. The minimum Gasteiger partial charge on any atom is -0.508 e. The number of phenolic OH excluding ortho intramolecular Hbond substituents is 2. The molecule has 0 unspecified atom stereocenters. The van der Waals surface area contributed by atoms with E-state index in [-0.39, 0.29) is 29.3 Å². The van der Waals surface area contributed by atoms with Crippen molar-refractivity contribution in [3.05, 3.63) is 59.7 Å². The maximum atomic E-state index is 12.0. The lowest BCUT2D eigenvalue weighted by molar-refractivity contribution is -0.141. The zero-order valence-electron chi connectivity index (χ0n) is 12.1. The first kappa shape index (κ1) is 14.4. The van der Waals surface area contributed by atoms with E-state index in [2.05, 4.69) is 0 Å². The average Bonchev–Trinajstić information content (AvgIpc) is 2.80. The summed E-state index contributed by atoms with van der Waals surface area (Å²) < 4.78 is 5.22. The van der Waals surface area contributed by atoms with E-state index in [1.807, 2.05) is 12.1 Å². The highest BCUT2D eigenvalue weighted by Crippen LogP contribution is 2.30. The lowest BCUT2D eigenvalue weighted by Crippen LogP contribution is -2.20. The Morgan fingerprint density at radius 1 is 0.955 bits per heavy atom. The molecule has 0 amide bonds. The Balaban J connectivity index is 1.74. The summed E-state index contributed by atoms with van der Waals surface area (Å²) in [6.45, 7) is 0.401. The van der Waals surface area contributed by atoms with E-state index in [0.29, 0.717) is 19.4 Å². The Labute approximate surface area is 129 Å². The Morgan fingerprint density at radius 3 is 2.14 bits per heavy atom. The number of rotatable bonds is 4. The van der Waals surface area contributed by atoms with E-state index in [0.717, 1.165) is 11.1 Å². The van der Waals surface area contributed by atoms with Crippen molar-refractivity contribution in [3.8, 4) is 11.5 Å². The second-order valence-corrected chi connectivity index (χ2v) is 5.74. The van der Waals surface area contributed by atoms with Gasteiger partial charge in [-0.3, -0.25) is 4.79 Å². The summed E-state index contributed by atoms with van der Waals surface area (Å²) >= 11 is 0. The van der Waals surface area contributed by atoms with Crippen molar-refractivity contribution in [2.45, 2.75) is 12.8 Å². The third-order valence-corrected chi connectivity index (χ3v) is 4.09. The summed E-state index contributed by atoms with van der Waals surface area (Å²) in [5.74, 6) is 0.106. The molecule has 0 aromatic heterocycles. The van der Waals surface area contributed by atoms with Crippen LogP contribution in [0, 0.1) is 11.8 Å². The van der Waals surface area contributed by atoms with E-state index in [1.165, 1.54) is 0 Å². The van der Waals surface area contributed by atoms with E-state index in [9.17, 15) is 15.0 Å². The fraction of sp³-hybridized carbons (Fsp3) is 0.278. The average molecular weight is 298 g/mol. The lowest BCUT2D eigenvalue weighted by Gasteiger charge is -2.15. The van der Waals surface area contributed by atoms with Crippen LogP contribution in [0.2, 0.25) is 0 Å². The summed E-state index contributed by atoms with van der Waals surface area (Å²) in [4.78, 5) is 12.0. The molecule has 3 rings (SSSR count). The monoisotopic (exact) mass is 298 g/mol. The van der Waals surface area contributed by atoms with Crippen molar-refractivity contribution in [1.82, 2.24) is 0 Å². The lowest BCUT2D eigenvalue weighted by atomic mass is 9.85.